The van der Waals surface area contributed by atoms with E-state index in [1.807, 2.05) is 25.7 Å². The van der Waals surface area contributed by atoms with Crippen LogP contribution >= 0.6 is 0 Å². The van der Waals surface area contributed by atoms with E-state index in [1.54, 1.807) is 0 Å². The van der Waals surface area contributed by atoms with Crippen LogP contribution < -0.4 is 0 Å². The van der Waals surface area contributed by atoms with Crippen LogP contribution in [0.5, 0.6) is 0 Å². The van der Waals surface area contributed by atoms with Crippen LogP contribution in [0, 0.1) is 5.92 Å². The molecule has 1 heterocycles. The molecule has 0 saturated carbocycles. The van der Waals surface area contributed by atoms with Crippen LogP contribution in [-0.4, -0.2) is 35.0 Å². The van der Waals surface area contributed by atoms with Crippen LogP contribution in [0.15, 0.2) is 0 Å². The highest BCUT2D eigenvalue weighted by atomic mass is 16.6. The van der Waals surface area contributed by atoms with E-state index in [0.29, 0.717) is 12.0 Å². The van der Waals surface area contributed by atoms with E-state index in [9.17, 15) is 9.59 Å². The van der Waals surface area contributed by atoms with Crippen molar-refractivity contribution in [2.45, 2.75) is 65.5 Å². The van der Waals surface area contributed by atoms with Crippen molar-refractivity contribution in [3.05, 3.63) is 0 Å². The van der Waals surface area contributed by atoms with Gasteiger partial charge in [0.1, 0.15) is 5.60 Å². The summed E-state index contributed by atoms with van der Waals surface area (Å²) in [6, 6.07) is 0.297. The number of esters is 1. The third-order valence-electron chi connectivity index (χ3n) is 3.07. The molecule has 1 rings (SSSR count). The van der Waals surface area contributed by atoms with Crippen molar-refractivity contribution in [1.82, 2.24) is 4.90 Å². The highest BCUT2D eigenvalue weighted by Gasteiger charge is 2.30. The van der Waals surface area contributed by atoms with E-state index in [0.717, 1.165) is 13.0 Å². The van der Waals surface area contributed by atoms with Gasteiger partial charge in [-0.25, -0.2) is 0 Å². The molecule has 0 aliphatic carbocycles. The first-order valence-corrected chi connectivity index (χ1v) is 6.70. The third kappa shape index (κ3) is 4.67. The van der Waals surface area contributed by atoms with Crippen molar-refractivity contribution in [2.75, 3.05) is 6.54 Å². The second kappa shape index (κ2) is 5.72. The Morgan fingerprint density at radius 2 is 1.83 bits per heavy atom. The summed E-state index contributed by atoms with van der Waals surface area (Å²) in [4.78, 5) is 25.4. The summed E-state index contributed by atoms with van der Waals surface area (Å²) in [5.74, 6) is 0.332. The van der Waals surface area contributed by atoms with Crippen molar-refractivity contribution in [3.63, 3.8) is 0 Å². The standard InChI is InChI=1S/C14H25NO3/c1-10-8-11(2)15(9-10)12(16)6-7-13(17)18-14(3,4)5/h10-11H,6-9H2,1-5H3. The second-order valence-corrected chi connectivity index (χ2v) is 6.32. The summed E-state index contributed by atoms with van der Waals surface area (Å²) in [7, 11) is 0. The molecule has 1 fully saturated rings. The maximum atomic E-state index is 12.0. The van der Waals surface area contributed by atoms with E-state index in [4.69, 9.17) is 4.74 Å². The number of ether oxygens (including phenoxy) is 1. The molecule has 0 aromatic rings. The van der Waals surface area contributed by atoms with Crippen molar-refractivity contribution >= 4 is 11.9 Å². The highest BCUT2D eigenvalue weighted by Crippen LogP contribution is 2.23. The first kappa shape index (κ1) is 15.0. The van der Waals surface area contributed by atoms with Gasteiger partial charge in [0.05, 0.1) is 6.42 Å². The molecule has 2 atom stereocenters. The van der Waals surface area contributed by atoms with Gasteiger partial charge in [-0.1, -0.05) is 6.92 Å². The Morgan fingerprint density at radius 3 is 2.28 bits per heavy atom. The van der Waals surface area contributed by atoms with Crippen LogP contribution in [0.1, 0.15) is 53.9 Å². The summed E-state index contributed by atoms with van der Waals surface area (Å²) < 4.78 is 5.19. The molecule has 104 valence electrons. The predicted molar refractivity (Wildman–Crippen MR) is 70.0 cm³/mol. The SMILES string of the molecule is CC1CC(C)N(C(=O)CCC(=O)OC(C)(C)C)C1. The Bertz CT molecular complexity index is 319. The summed E-state index contributed by atoms with van der Waals surface area (Å²) in [5.41, 5.74) is -0.477. The van der Waals surface area contributed by atoms with Gasteiger partial charge in [-0.15, -0.1) is 0 Å². The maximum absolute atomic E-state index is 12.0. The number of hydrogen-bond donors (Lipinski definition) is 0. The van der Waals surface area contributed by atoms with Gasteiger partial charge >= 0.3 is 5.97 Å². The monoisotopic (exact) mass is 255 g/mol. The van der Waals surface area contributed by atoms with E-state index < -0.39 is 5.60 Å². The molecule has 0 spiro atoms. The lowest BCUT2D eigenvalue weighted by molar-refractivity contribution is -0.156. The topological polar surface area (TPSA) is 46.6 Å². The fourth-order valence-corrected chi connectivity index (χ4v) is 2.39. The minimum atomic E-state index is -0.477. The van der Waals surface area contributed by atoms with Gasteiger partial charge in [0.25, 0.3) is 0 Å². The summed E-state index contributed by atoms with van der Waals surface area (Å²) in [6.45, 7) is 10.5. The van der Waals surface area contributed by atoms with Crippen LogP contribution in [0.2, 0.25) is 0 Å². The average Bonchev–Trinajstić information content (AvgIpc) is 2.52. The lowest BCUT2D eigenvalue weighted by atomic mass is 10.1. The quantitative estimate of drug-likeness (QED) is 0.727. The van der Waals surface area contributed by atoms with Gasteiger partial charge in [0.2, 0.25) is 5.91 Å². The third-order valence-corrected chi connectivity index (χ3v) is 3.07. The lowest BCUT2D eigenvalue weighted by Crippen LogP contribution is -2.34. The Morgan fingerprint density at radius 1 is 1.22 bits per heavy atom. The zero-order valence-electron chi connectivity index (χ0n) is 12.2. The van der Waals surface area contributed by atoms with Gasteiger partial charge in [0, 0.05) is 19.0 Å². The van der Waals surface area contributed by atoms with Gasteiger partial charge in [0.15, 0.2) is 0 Å². The number of carbonyl (C=O) groups excluding carboxylic acids is 2. The average molecular weight is 255 g/mol. The molecule has 4 nitrogen and oxygen atoms in total. The van der Waals surface area contributed by atoms with Crippen molar-refractivity contribution in [1.29, 1.82) is 0 Å². The van der Waals surface area contributed by atoms with Crippen LogP contribution in [0.4, 0.5) is 0 Å². The van der Waals surface area contributed by atoms with Crippen LogP contribution in [-0.2, 0) is 14.3 Å². The molecule has 0 aromatic heterocycles. The van der Waals surface area contributed by atoms with Gasteiger partial charge in [-0.05, 0) is 40.0 Å². The predicted octanol–water partition coefficient (Wildman–Crippen LogP) is 2.37. The van der Waals surface area contributed by atoms with Crippen molar-refractivity contribution in [3.8, 4) is 0 Å². The number of nitrogens with zero attached hydrogens (tertiary/aromatic N) is 1. The molecule has 0 aromatic carbocycles. The van der Waals surface area contributed by atoms with Crippen LogP contribution in [0.25, 0.3) is 0 Å². The van der Waals surface area contributed by atoms with E-state index >= 15 is 0 Å². The first-order valence-electron chi connectivity index (χ1n) is 6.70. The second-order valence-electron chi connectivity index (χ2n) is 6.32. The maximum Gasteiger partial charge on any atom is 0.306 e. The number of rotatable bonds is 3. The van der Waals surface area contributed by atoms with E-state index in [2.05, 4.69) is 13.8 Å². The number of carbonyl (C=O) groups is 2. The number of likely N-dealkylation sites (tertiary alicyclic amines) is 1. The van der Waals surface area contributed by atoms with Crippen LogP contribution in [0.3, 0.4) is 0 Å². The van der Waals surface area contributed by atoms with Gasteiger partial charge in [-0.2, -0.15) is 0 Å². The molecule has 1 amide bonds. The normalized spacial score (nSPS) is 24.2. The molecule has 0 N–H and O–H groups in total. The molecule has 1 aliphatic heterocycles. The van der Waals surface area contributed by atoms with Gasteiger partial charge < -0.3 is 9.64 Å². The Kier molecular flexibility index (Phi) is 4.77. The minimum Gasteiger partial charge on any atom is -0.460 e. The first-order chi connectivity index (χ1) is 8.19. The number of amides is 1. The van der Waals surface area contributed by atoms with E-state index in [-0.39, 0.29) is 24.7 Å². The fraction of sp³-hybridized carbons (Fsp3) is 0.857. The molecular weight excluding hydrogens is 230 g/mol. The highest BCUT2D eigenvalue weighted by molar-refractivity contribution is 5.81. The summed E-state index contributed by atoms with van der Waals surface area (Å²) in [5, 5.41) is 0. The summed E-state index contributed by atoms with van der Waals surface area (Å²) in [6.07, 6.45) is 1.48. The molecule has 0 radical (unpaired) electrons. The molecule has 4 heteroatoms. The van der Waals surface area contributed by atoms with Crippen molar-refractivity contribution in [2.24, 2.45) is 5.92 Å². The van der Waals surface area contributed by atoms with Gasteiger partial charge in [-0.3, -0.25) is 9.59 Å². The molecule has 1 saturated heterocycles. The molecular formula is C14H25NO3. The molecule has 18 heavy (non-hydrogen) atoms. The zero-order valence-corrected chi connectivity index (χ0v) is 12.2. The zero-order chi connectivity index (χ0) is 13.9. The number of hydrogen-bond acceptors (Lipinski definition) is 3. The Labute approximate surface area is 110 Å². The molecule has 0 bridgehead atoms. The summed E-state index contributed by atoms with van der Waals surface area (Å²) >= 11 is 0. The lowest BCUT2D eigenvalue weighted by Gasteiger charge is -2.22. The smallest absolute Gasteiger partial charge is 0.306 e. The Hall–Kier alpha value is -1.06. The Balaban J connectivity index is 2.35. The van der Waals surface area contributed by atoms with E-state index in [1.165, 1.54) is 0 Å². The molecule has 1 aliphatic rings. The van der Waals surface area contributed by atoms with Crippen molar-refractivity contribution < 1.29 is 14.3 Å². The minimum absolute atomic E-state index is 0.0673. The fourth-order valence-electron chi connectivity index (χ4n) is 2.39. The largest absolute Gasteiger partial charge is 0.460 e. The molecule has 2 unspecified atom stereocenters.